The number of fused-ring (bicyclic) bond motifs is 1. The van der Waals surface area contributed by atoms with Gasteiger partial charge < -0.3 is 14.6 Å². The van der Waals surface area contributed by atoms with Gasteiger partial charge in [-0.2, -0.15) is 0 Å². The number of aryl methyl sites for hydroxylation is 1. The number of aliphatic hydroxyl groups is 1. The van der Waals surface area contributed by atoms with Gasteiger partial charge in [0.2, 0.25) is 0 Å². The van der Waals surface area contributed by atoms with E-state index in [0.717, 1.165) is 30.6 Å². The Morgan fingerprint density at radius 1 is 1.12 bits per heavy atom. The smallest absolute Gasteiger partial charge is 0.124 e. The average molecular weight is 340 g/mol. The fourth-order valence-electron chi connectivity index (χ4n) is 3.74. The molecule has 2 atom stereocenters. The van der Waals surface area contributed by atoms with Gasteiger partial charge >= 0.3 is 0 Å². The molecule has 25 heavy (non-hydrogen) atoms. The van der Waals surface area contributed by atoms with Crippen LogP contribution in [0.25, 0.3) is 0 Å². The molecule has 0 amide bonds. The Kier molecular flexibility index (Phi) is 6.11. The van der Waals surface area contributed by atoms with Gasteiger partial charge in [0, 0.05) is 19.6 Å². The van der Waals surface area contributed by atoms with Crippen LogP contribution < -0.4 is 4.74 Å². The van der Waals surface area contributed by atoms with Crippen LogP contribution >= 0.6 is 0 Å². The van der Waals surface area contributed by atoms with Crippen LogP contribution in [0.1, 0.15) is 61.2 Å². The summed E-state index contributed by atoms with van der Waals surface area (Å²) in [5.41, 5.74) is 5.35. The predicted molar refractivity (Wildman–Crippen MR) is 100 cm³/mol. The number of rotatable bonds is 8. The van der Waals surface area contributed by atoms with Crippen molar-refractivity contribution in [2.24, 2.45) is 0 Å². The quantitative estimate of drug-likeness (QED) is 0.752. The maximum atomic E-state index is 9.20. The van der Waals surface area contributed by atoms with E-state index in [9.17, 15) is 5.11 Å². The lowest BCUT2D eigenvalue weighted by Gasteiger charge is -2.18. The molecule has 3 heteroatoms. The van der Waals surface area contributed by atoms with E-state index in [0.29, 0.717) is 13.0 Å². The van der Waals surface area contributed by atoms with E-state index in [-0.39, 0.29) is 18.8 Å². The van der Waals surface area contributed by atoms with E-state index in [2.05, 4.69) is 25.1 Å². The van der Waals surface area contributed by atoms with E-state index >= 15 is 0 Å². The van der Waals surface area contributed by atoms with Crippen molar-refractivity contribution < 1.29 is 14.6 Å². The first-order valence-electron chi connectivity index (χ1n) is 9.36. The lowest BCUT2D eigenvalue weighted by molar-refractivity contribution is 0.0431. The molecule has 0 fully saturated rings. The van der Waals surface area contributed by atoms with Crippen LogP contribution in [0.5, 0.6) is 5.75 Å². The molecule has 0 aromatic heterocycles. The average Bonchev–Trinajstić information content (AvgIpc) is 3.05. The number of ether oxygens (including phenoxy) is 2. The Balaban J connectivity index is 1.71. The van der Waals surface area contributed by atoms with Crippen molar-refractivity contribution in [2.45, 2.75) is 51.7 Å². The Morgan fingerprint density at radius 3 is 2.60 bits per heavy atom. The third kappa shape index (κ3) is 4.05. The fourth-order valence-corrected chi connectivity index (χ4v) is 3.74. The molecule has 0 spiro atoms. The van der Waals surface area contributed by atoms with Gasteiger partial charge in [0.25, 0.3) is 0 Å². The van der Waals surface area contributed by atoms with E-state index in [1.165, 1.54) is 16.7 Å². The molecule has 0 saturated heterocycles. The van der Waals surface area contributed by atoms with Crippen LogP contribution in [0.15, 0.2) is 42.5 Å². The summed E-state index contributed by atoms with van der Waals surface area (Å²) < 4.78 is 12.0. The fraction of sp³-hybridized carbons (Fsp3) is 0.455. The van der Waals surface area contributed by atoms with Crippen molar-refractivity contribution >= 4 is 0 Å². The van der Waals surface area contributed by atoms with Crippen molar-refractivity contribution in [1.29, 1.82) is 0 Å². The summed E-state index contributed by atoms with van der Waals surface area (Å²) >= 11 is 0. The van der Waals surface area contributed by atoms with Crippen LogP contribution in [-0.4, -0.2) is 18.3 Å². The van der Waals surface area contributed by atoms with Gasteiger partial charge in [-0.15, -0.1) is 0 Å². The minimum Gasteiger partial charge on any atom is -0.486 e. The molecule has 0 saturated carbocycles. The molecular formula is C22H28O3. The Hall–Kier alpha value is -1.84. The van der Waals surface area contributed by atoms with Gasteiger partial charge in [-0.05, 0) is 60.6 Å². The Morgan fingerprint density at radius 2 is 1.92 bits per heavy atom. The number of hydrogen-bond acceptors (Lipinski definition) is 3. The SMILES string of the molecule is CCO[C@@H](CCO)c1ccc(O[C@@H]2CCc3c(CC)cccc32)cc1. The molecule has 3 nitrogen and oxygen atoms in total. The first-order valence-corrected chi connectivity index (χ1v) is 9.36. The van der Waals surface area contributed by atoms with Crippen LogP contribution in [0.2, 0.25) is 0 Å². The summed E-state index contributed by atoms with van der Waals surface area (Å²) in [4.78, 5) is 0. The van der Waals surface area contributed by atoms with Crippen LogP contribution in [0.3, 0.4) is 0 Å². The highest BCUT2D eigenvalue weighted by atomic mass is 16.5. The number of benzene rings is 2. The lowest BCUT2D eigenvalue weighted by Crippen LogP contribution is -2.07. The molecular weight excluding hydrogens is 312 g/mol. The maximum Gasteiger partial charge on any atom is 0.124 e. The molecule has 0 aliphatic heterocycles. The van der Waals surface area contributed by atoms with Gasteiger partial charge in [-0.25, -0.2) is 0 Å². The van der Waals surface area contributed by atoms with E-state index < -0.39 is 0 Å². The van der Waals surface area contributed by atoms with Gasteiger partial charge in [0.1, 0.15) is 11.9 Å². The van der Waals surface area contributed by atoms with Gasteiger partial charge in [0.15, 0.2) is 0 Å². The van der Waals surface area contributed by atoms with Crippen molar-refractivity contribution in [2.75, 3.05) is 13.2 Å². The molecule has 1 aliphatic rings. The largest absolute Gasteiger partial charge is 0.486 e. The van der Waals surface area contributed by atoms with Crippen molar-refractivity contribution in [1.82, 2.24) is 0 Å². The highest BCUT2D eigenvalue weighted by Crippen LogP contribution is 2.37. The zero-order chi connectivity index (χ0) is 17.6. The molecule has 2 aromatic carbocycles. The highest BCUT2D eigenvalue weighted by Gasteiger charge is 2.25. The van der Waals surface area contributed by atoms with E-state index in [4.69, 9.17) is 9.47 Å². The second kappa shape index (κ2) is 8.50. The standard InChI is InChI=1S/C22H28O3/c1-3-16-6-5-7-20-19(16)12-13-22(20)25-18-10-8-17(9-11-18)21(14-15-23)24-4-2/h5-11,21-23H,3-4,12-15H2,1-2H3/t21-,22+/m0/s1. The zero-order valence-electron chi connectivity index (χ0n) is 15.2. The molecule has 134 valence electrons. The second-order valence-corrected chi connectivity index (χ2v) is 6.51. The number of aliphatic hydroxyl groups excluding tert-OH is 1. The summed E-state index contributed by atoms with van der Waals surface area (Å²) in [6, 6.07) is 14.7. The Bertz CT molecular complexity index is 672. The summed E-state index contributed by atoms with van der Waals surface area (Å²) in [6.07, 6.45) is 3.93. The van der Waals surface area contributed by atoms with E-state index in [1.807, 2.05) is 31.2 Å². The molecule has 3 rings (SSSR count). The topological polar surface area (TPSA) is 38.7 Å². The molecule has 0 unspecified atom stereocenters. The number of hydrogen-bond donors (Lipinski definition) is 1. The van der Waals surface area contributed by atoms with Gasteiger partial charge in [0.05, 0.1) is 6.10 Å². The molecule has 0 radical (unpaired) electrons. The first kappa shape index (κ1) is 18.0. The predicted octanol–water partition coefficient (Wildman–Crippen LogP) is 4.78. The third-order valence-corrected chi connectivity index (χ3v) is 4.98. The van der Waals surface area contributed by atoms with Crippen LogP contribution in [0, 0.1) is 0 Å². The normalized spacial score (nSPS) is 17.3. The maximum absolute atomic E-state index is 9.20. The summed E-state index contributed by atoms with van der Waals surface area (Å²) in [5.74, 6) is 0.891. The molecule has 1 aliphatic carbocycles. The first-order chi connectivity index (χ1) is 12.3. The van der Waals surface area contributed by atoms with Crippen LogP contribution in [-0.2, 0) is 17.6 Å². The minimum absolute atomic E-state index is 0.0524. The summed E-state index contributed by atoms with van der Waals surface area (Å²) in [5, 5.41) is 9.20. The van der Waals surface area contributed by atoms with Gasteiger partial charge in [-0.1, -0.05) is 37.3 Å². The van der Waals surface area contributed by atoms with Crippen molar-refractivity contribution in [3.8, 4) is 5.75 Å². The second-order valence-electron chi connectivity index (χ2n) is 6.51. The van der Waals surface area contributed by atoms with Crippen molar-refractivity contribution in [3.05, 3.63) is 64.7 Å². The zero-order valence-corrected chi connectivity index (χ0v) is 15.2. The molecule has 2 aromatic rings. The van der Waals surface area contributed by atoms with E-state index in [1.54, 1.807) is 0 Å². The summed E-state index contributed by atoms with van der Waals surface area (Å²) in [6.45, 7) is 4.96. The minimum atomic E-state index is -0.0524. The Labute approximate surface area is 150 Å². The van der Waals surface area contributed by atoms with Crippen LogP contribution in [0.4, 0.5) is 0 Å². The molecule has 1 N–H and O–H groups in total. The summed E-state index contributed by atoms with van der Waals surface area (Å²) in [7, 11) is 0. The monoisotopic (exact) mass is 340 g/mol. The molecule has 0 bridgehead atoms. The highest BCUT2D eigenvalue weighted by molar-refractivity contribution is 5.41. The van der Waals surface area contributed by atoms with Crippen molar-refractivity contribution in [3.63, 3.8) is 0 Å². The third-order valence-electron chi connectivity index (χ3n) is 4.98. The van der Waals surface area contributed by atoms with Gasteiger partial charge in [-0.3, -0.25) is 0 Å². The molecule has 0 heterocycles. The lowest BCUT2D eigenvalue weighted by atomic mass is 10.0.